The van der Waals surface area contributed by atoms with E-state index < -0.39 is 0 Å². The van der Waals surface area contributed by atoms with Crippen molar-refractivity contribution in [1.82, 2.24) is 24.6 Å². The second-order valence-corrected chi connectivity index (χ2v) is 8.99. The van der Waals surface area contributed by atoms with Crippen molar-refractivity contribution in [3.05, 3.63) is 89.4 Å². The second-order valence-electron chi connectivity index (χ2n) is 8.99. The maximum absolute atomic E-state index is 13.6. The number of nitrogens with zero attached hydrogens (tertiary/aromatic N) is 4. The Balaban J connectivity index is 1.26. The van der Waals surface area contributed by atoms with Gasteiger partial charge in [-0.25, -0.2) is 0 Å². The van der Waals surface area contributed by atoms with Gasteiger partial charge >= 0.3 is 0 Å². The number of carbonyl (C=O) groups excluding carboxylic acids is 2. The van der Waals surface area contributed by atoms with E-state index in [2.05, 4.69) is 22.2 Å². The molecule has 0 bridgehead atoms. The van der Waals surface area contributed by atoms with Gasteiger partial charge in [0.1, 0.15) is 5.69 Å². The molecule has 4 aromatic rings. The molecule has 7 heteroatoms. The minimum Gasteiger partial charge on any atom is -0.351 e. The molecule has 33 heavy (non-hydrogen) atoms. The van der Waals surface area contributed by atoms with Crippen LogP contribution in [0.15, 0.2) is 66.9 Å². The maximum Gasteiger partial charge on any atom is 0.270 e. The van der Waals surface area contributed by atoms with E-state index in [1.54, 1.807) is 11.1 Å². The van der Waals surface area contributed by atoms with Crippen LogP contribution in [-0.4, -0.2) is 50.0 Å². The predicted molar refractivity (Wildman–Crippen MR) is 125 cm³/mol. The summed E-state index contributed by atoms with van der Waals surface area (Å²) in [6, 6.07) is 19.9. The Morgan fingerprint density at radius 1 is 1.03 bits per heavy atom. The number of rotatable bonds is 4. The van der Waals surface area contributed by atoms with Crippen molar-refractivity contribution >= 4 is 22.7 Å². The van der Waals surface area contributed by atoms with Crippen molar-refractivity contribution in [3.8, 4) is 0 Å². The fourth-order valence-electron chi connectivity index (χ4n) is 5.02. The van der Waals surface area contributed by atoms with E-state index in [1.165, 1.54) is 0 Å². The van der Waals surface area contributed by atoms with Crippen LogP contribution in [0.4, 0.5) is 0 Å². The molecule has 0 radical (unpaired) electrons. The summed E-state index contributed by atoms with van der Waals surface area (Å²) in [4.78, 5) is 33.7. The zero-order chi connectivity index (χ0) is 22.6. The van der Waals surface area contributed by atoms with Crippen LogP contribution in [0, 0.1) is 0 Å². The van der Waals surface area contributed by atoms with Gasteiger partial charge in [-0.2, -0.15) is 5.10 Å². The van der Waals surface area contributed by atoms with Crippen LogP contribution < -0.4 is 0 Å². The Hall–Kier alpha value is -3.87. The number of carbonyl (C=O) groups is 2. The normalized spacial score (nSPS) is 16.5. The first-order chi connectivity index (χ1) is 16.1. The summed E-state index contributed by atoms with van der Waals surface area (Å²) in [5.74, 6) is -0.106. The van der Waals surface area contributed by atoms with E-state index >= 15 is 0 Å². The monoisotopic (exact) mass is 439 g/mol. The van der Waals surface area contributed by atoms with E-state index in [9.17, 15) is 9.59 Å². The Labute approximate surface area is 191 Å². The van der Waals surface area contributed by atoms with Crippen molar-refractivity contribution in [3.63, 3.8) is 0 Å². The molecule has 2 amide bonds. The zero-order valence-electron chi connectivity index (χ0n) is 18.5. The van der Waals surface area contributed by atoms with Crippen LogP contribution in [0.3, 0.4) is 0 Å². The number of para-hydroxylation sites is 1. The minimum absolute atomic E-state index is 0.0440. The third-order valence-electron chi connectivity index (χ3n) is 7.13. The third-order valence-corrected chi connectivity index (χ3v) is 7.13. The molecule has 0 unspecified atom stereocenters. The first-order valence-electron chi connectivity index (χ1n) is 11.3. The molecule has 2 aromatic heterocycles. The van der Waals surface area contributed by atoms with E-state index in [1.807, 2.05) is 65.2 Å². The lowest BCUT2D eigenvalue weighted by Crippen LogP contribution is -2.41. The lowest BCUT2D eigenvalue weighted by atomic mass is 10.0. The first-order valence-corrected chi connectivity index (χ1v) is 11.3. The van der Waals surface area contributed by atoms with Gasteiger partial charge in [0, 0.05) is 24.5 Å². The fourth-order valence-corrected chi connectivity index (χ4v) is 5.02. The number of nitrogens with one attached hydrogen (secondary N) is 1. The van der Waals surface area contributed by atoms with E-state index in [-0.39, 0.29) is 17.4 Å². The molecule has 0 saturated heterocycles. The van der Waals surface area contributed by atoms with Crippen molar-refractivity contribution in [2.75, 3.05) is 13.6 Å². The number of benzene rings is 2. The number of aromatic nitrogens is 3. The van der Waals surface area contributed by atoms with Gasteiger partial charge in [-0.1, -0.05) is 48.5 Å². The van der Waals surface area contributed by atoms with Gasteiger partial charge in [-0.3, -0.25) is 14.3 Å². The van der Waals surface area contributed by atoms with Gasteiger partial charge in [0.15, 0.2) is 0 Å². The highest BCUT2D eigenvalue weighted by Crippen LogP contribution is 2.50. The summed E-state index contributed by atoms with van der Waals surface area (Å²) in [5, 5.41) is 5.47. The Bertz CT molecular complexity index is 1330. The lowest BCUT2D eigenvalue weighted by Gasteiger charge is -2.31. The smallest absolute Gasteiger partial charge is 0.270 e. The molecule has 1 aliphatic carbocycles. The minimum atomic E-state index is -0.248. The summed E-state index contributed by atoms with van der Waals surface area (Å²) in [7, 11) is 1.88. The number of aromatic amines is 1. The molecular formula is C26H25N5O2. The standard InChI is InChI=1S/C26H25N5O2/c1-29(26(11-12-26)19-8-3-2-4-9-19)24(32)20-16-27-31-14-13-30(17-23(20)31)25(33)22-15-18-7-5-6-10-21(18)28-22/h2-10,15-16,28H,11-14,17H2,1H3. The highest BCUT2D eigenvalue weighted by Gasteiger charge is 2.50. The molecule has 2 aliphatic rings. The molecule has 0 atom stereocenters. The van der Waals surface area contributed by atoms with Gasteiger partial charge < -0.3 is 14.8 Å². The number of amides is 2. The van der Waals surface area contributed by atoms with Gasteiger partial charge in [0.05, 0.1) is 36.1 Å². The topological polar surface area (TPSA) is 74.2 Å². The average Bonchev–Trinajstić information content (AvgIpc) is 3.38. The summed E-state index contributed by atoms with van der Waals surface area (Å²) in [6.07, 6.45) is 3.56. The Morgan fingerprint density at radius 3 is 2.55 bits per heavy atom. The molecule has 1 aliphatic heterocycles. The molecular weight excluding hydrogens is 414 g/mol. The number of H-pyrrole nitrogens is 1. The zero-order valence-corrected chi connectivity index (χ0v) is 18.5. The SMILES string of the molecule is CN(C(=O)c1cnn2c1CN(C(=O)c1cc3ccccc3[nH]1)CC2)C1(c2ccccc2)CC1. The van der Waals surface area contributed by atoms with Gasteiger partial charge in [0.25, 0.3) is 11.8 Å². The van der Waals surface area contributed by atoms with Crippen LogP contribution in [0.2, 0.25) is 0 Å². The molecule has 2 aromatic carbocycles. The van der Waals surface area contributed by atoms with Gasteiger partial charge in [0.2, 0.25) is 0 Å². The average molecular weight is 440 g/mol. The number of hydrogen-bond donors (Lipinski definition) is 1. The summed E-state index contributed by atoms with van der Waals surface area (Å²) < 4.78 is 1.86. The highest BCUT2D eigenvalue weighted by molar-refractivity contribution is 5.99. The lowest BCUT2D eigenvalue weighted by molar-refractivity contribution is 0.0670. The largest absolute Gasteiger partial charge is 0.351 e. The van der Waals surface area contributed by atoms with Gasteiger partial charge in [-0.05, 0) is 30.5 Å². The molecule has 1 fully saturated rings. The molecule has 166 valence electrons. The van der Waals surface area contributed by atoms with Crippen LogP contribution >= 0.6 is 0 Å². The molecule has 1 N–H and O–H groups in total. The van der Waals surface area contributed by atoms with Gasteiger partial charge in [-0.15, -0.1) is 0 Å². The second kappa shape index (κ2) is 7.33. The van der Waals surface area contributed by atoms with E-state index in [0.29, 0.717) is 30.9 Å². The summed E-state index contributed by atoms with van der Waals surface area (Å²) in [6.45, 7) is 1.49. The Morgan fingerprint density at radius 2 is 1.79 bits per heavy atom. The Kier molecular flexibility index (Phi) is 4.40. The quantitative estimate of drug-likeness (QED) is 0.526. The first kappa shape index (κ1) is 19.8. The molecule has 7 nitrogen and oxygen atoms in total. The van der Waals surface area contributed by atoms with Crippen molar-refractivity contribution in [2.45, 2.75) is 31.5 Å². The van der Waals surface area contributed by atoms with Crippen molar-refractivity contribution in [2.24, 2.45) is 0 Å². The van der Waals surface area contributed by atoms with Crippen LogP contribution in [0.25, 0.3) is 10.9 Å². The van der Waals surface area contributed by atoms with Crippen LogP contribution in [-0.2, 0) is 18.6 Å². The molecule has 6 rings (SSSR count). The molecule has 0 spiro atoms. The fraction of sp³-hybridized carbons (Fsp3) is 0.269. The van der Waals surface area contributed by atoms with E-state index in [4.69, 9.17) is 0 Å². The summed E-state index contributed by atoms with van der Waals surface area (Å²) >= 11 is 0. The number of fused-ring (bicyclic) bond motifs is 2. The van der Waals surface area contributed by atoms with Crippen molar-refractivity contribution < 1.29 is 9.59 Å². The maximum atomic E-state index is 13.6. The predicted octanol–water partition coefficient (Wildman–Crippen LogP) is 3.78. The van der Waals surface area contributed by atoms with Crippen LogP contribution in [0.1, 0.15) is 44.9 Å². The van der Waals surface area contributed by atoms with Crippen LogP contribution in [0.5, 0.6) is 0 Å². The summed E-state index contributed by atoms with van der Waals surface area (Å²) in [5.41, 5.74) is 3.80. The molecule has 1 saturated carbocycles. The number of hydrogen-bond acceptors (Lipinski definition) is 3. The van der Waals surface area contributed by atoms with Crippen molar-refractivity contribution in [1.29, 1.82) is 0 Å². The van der Waals surface area contributed by atoms with E-state index in [0.717, 1.165) is 35.0 Å². The third kappa shape index (κ3) is 3.15. The molecule has 3 heterocycles. The highest BCUT2D eigenvalue weighted by atomic mass is 16.2.